The molecule has 4 heteroatoms. The Labute approximate surface area is 302 Å². The molecule has 0 bridgehead atoms. The summed E-state index contributed by atoms with van der Waals surface area (Å²) in [4.78, 5) is 23.4. The highest BCUT2D eigenvalue weighted by Crippen LogP contribution is 2.15. The molecule has 0 aromatic carbocycles. The smallest absolute Gasteiger partial charge is 0.306 e. The summed E-state index contributed by atoms with van der Waals surface area (Å²) < 4.78 is 10.8. The number of carbonyl (C=O) groups excluding carboxylic acids is 2. The van der Waals surface area contributed by atoms with Crippen molar-refractivity contribution in [3.05, 3.63) is 0 Å². The van der Waals surface area contributed by atoms with E-state index >= 15 is 0 Å². The molecular weight excluding hydrogens is 592 g/mol. The molecule has 0 radical (unpaired) electrons. The SMILES string of the molecule is CCCCCCCCCCCCCC(=O)OC(C)CCCCCC.CCCCCCCCCCCCCC(=O)OCCCCCCCC. The van der Waals surface area contributed by atoms with Crippen molar-refractivity contribution in [2.24, 2.45) is 0 Å². The van der Waals surface area contributed by atoms with E-state index in [2.05, 4.69) is 27.7 Å². The molecule has 0 aliphatic rings. The van der Waals surface area contributed by atoms with Gasteiger partial charge in [0.15, 0.2) is 0 Å². The first-order chi connectivity index (χ1) is 23.5. The van der Waals surface area contributed by atoms with Crippen molar-refractivity contribution < 1.29 is 19.1 Å². The van der Waals surface area contributed by atoms with E-state index in [0.717, 1.165) is 25.7 Å². The molecule has 0 saturated carbocycles. The predicted molar refractivity (Wildman–Crippen MR) is 211 cm³/mol. The second-order valence-corrected chi connectivity index (χ2v) is 14.7. The third kappa shape index (κ3) is 44.9. The van der Waals surface area contributed by atoms with Crippen molar-refractivity contribution in [2.45, 2.75) is 265 Å². The molecule has 0 amide bonds. The van der Waals surface area contributed by atoms with Crippen LogP contribution in [-0.2, 0) is 19.1 Å². The maximum atomic E-state index is 11.8. The van der Waals surface area contributed by atoms with Gasteiger partial charge in [0.2, 0.25) is 0 Å². The van der Waals surface area contributed by atoms with Gasteiger partial charge in [-0.1, -0.05) is 207 Å². The summed E-state index contributed by atoms with van der Waals surface area (Å²) in [6, 6.07) is 0. The summed E-state index contributed by atoms with van der Waals surface area (Å²) >= 11 is 0. The van der Waals surface area contributed by atoms with Crippen LogP contribution in [-0.4, -0.2) is 24.6 Å². The number of ether oxygens (including phenoxy) is 2. The molecule has 0 spiro atoms. The average Bonchev–Trinajstić information content (AvgIpc) is 3.08. The Kier molecular flexibility index (Phi) is 44.9. The van der Waals surface area contributed by atoms with Gasteiger partial charge in [-0.25, -0.2) is 0 Å². The minimum Gasteiger partial charge on any atom is -0.466 e. The number of hydrogen-bond donors (Lipinski definition) is 0. The second kappa shape index (κ2) is 44.0. The Morgan fingerprint density at radius 3 is 1.04 bits per heavy atom. The van der Waals surface area contributed by atoms with E-state index in [4.69, 9.17) is 9.47 Å². The standard InChI is InChI=1S/2C22H44O2/c1-4-6-8-10-11-12-13-14-15-16-18-20-22(23)24-21(3)19-17-9-7-5-2;1-3-5-7-9-11-12-13-14-15-16-18-20-22(23)24-21-19-17-10-8-6-4-2/h21H,4-20H2,1-3H3;3-21H2,1-2H3. The van der Waals surface area contributed by atoms with E-state index in [-0.39, 0.29) is 18.0 Å². The Morgan fingerprint density at radius 2 is 0.667 bits per heavy atom. The molecule has 0 aliphatic carbocycles. The molecule has 0 rings (SSSR count). The highest BCUT2D eigenvalue weighted by atomic mass is 16.5. The fraction of sp³-hybridized carbons (Fsp3) is 0.955. The van der Waals surface area contributed by atoms with Crippen LogP contribution in [0.1, 0.15) is 259 Å². The van der Waals surface area contributed by atoms with Gasteiger partial charge < -0.3 is 9.47 Å². The van der Waals surface area contributed by atoms with Crippen molar-refractivity contribution in [3.63, 3.8) is 0 Å². The van der Waals surface area contributed by atoms with Gasteiger partial charge in [-0.05, 0) is 39.0 Å². The Morgan fingerprint density at radius 1 is 0.375 bits per heavy atom. The zero-order valence-electron chi connectivity index (χ0n) is 33.7. The third-order valence-corrected chi connectivity index (χ3v) is 9.53. The van der Waals surface area contributed by atoms with Gasteiger partial charge in [-0.15, -0.1) is 0 Å². The summed E-state index contributed by atoms with van der Waals surface area (Å²) in [5, 5.41) is 0. The number of unbranched alkanes of at least 4 members (excludes halogenated alkanes) is 28. The summed E-state index contributed by atoms with van der Waals surface area (Å²) in [6.07, 6.45) is 43.8. The van der Waals surface area contributed by atoms with E-state index in [9.17, 15) is 9.59 Å². The summed E-state index contributed by atoms with van der Waals surface area (Å²) in [5.41, 5.74) is 0. The lowest BCUT2D eigenvalue weighted by atomic mass is 10.1. The van der Waals surface area contributed by atoms with Gasteiger partial charge in [0.25, 0.3) is 0 Å². The molecule has 0 saturated heterocycles. The molecule has 0 aromatic heterocycles. The fourth-order valence-corrected chi connectivity index (χ4v) is 6.21. The van der Waals surface area contributed by atoms with E-state index in [1.165, 1.54) is 186 Å². The fourth-order valence-electron chi connectivity index (χ4n) is 6.21. The predicted octanol–water partition coefficient (Wildman–Crippen LogP) is 15.2. The molecule has 4 nitrogen and oxygen atoms in total. The van der Waals surface area contributed by atoms with Crippen molar-refractivity contribution in [1.29, 1.82) is 0 Å². The van der Waals surface area contributed by atoms with Crippen LogP contribution in [0.15, 0.2) is 0 Å². The first-order valence-corrected chi connectivity index (χ1v) is 21.9. The number of carbonyl (C=O) groups is 2. The van der Waals surface area contributed by atoms with Crippen molar-refractivity contribution in [3.8, 4) is 0 Å². The maximum Gasteiger partial charge on any atom is 0.306 e. The molecule has 1 unspecified atom stereocenters. The minimum absolute atomic E-state index is 0.00826. The van der Waals surface area contributed by atoms with Crippen LogP contribution in [0.2, 0.25) is 0 Å². The van der Waals surface area contributed by atoms with Crippen molar-refractivity contribution >= 4 is 11.9 Å². The lowest BCUT2D eigenvalue weighted by molar-refractivity contribution is -0.148. The van der Waals surface area contributed by atoms with Gasteiger partial charge >= 0.3 is 11.9 Å². The summed E-state index contributed by atoms with van der Waals surface area (Å²) in [5.74, 6) is 0.0217. The van der Waals surface area contributed by atoms with E-state index in [1.807, 2.05) is 6.92 Å². The normalized spacial score (nSPS) is 11.6. The van der Waals surface area contributed by atoms with Gasteiger partial charge in [0.1, 0.15) is 0 Å². The highest BCUT2D eigenvalue weighted by Gasteiger charge is 2.09. The lowest BCUT2D eigenvalue weighted by Crippen LogP contribution is -2.14. The van der Waals surface area contributed by atoms with E-state index in [0.29, 0.717) is 19.4 Å². The molecule has 0 aliphatic heterocycles. The number of hydrogen-bond acceptors (Lipinski definition) is 4. The molecular formula is C44H88O4. The Bertz CT molecular complexity index is 619. The third-order valence-electron chi connectivity index (χ3n) is 9.53. The Hall–Kier alpha value is -1.06. The molecule has 0 fully saturated rings. The number of esters is 2. The molecule has 0 aromatic rings. The first kappa shape index (κ1) is 49.1. The van der Waals surface area contributed by atoms with Gasteiger partial charge in [-0.3, -0.25) is 9.59 Å². The first-order valence-electron chi connectivity index (χ1n) is 21.9. The Balaban J connectivity index is 0. The van der Waals surface area contributed by atoms with Crippen LogP contribution in [0.3, 0.4) is 0 Å². The van der Waals surface area contributed by atoms with Crippen molar-refractivity contribution in [1.82, 2.24) is 0 Å². The second-order valence-electron chi connectivity index (χ2n) is 14.7. The lowest BCUT2D eigenvalue weighted by Gasteiger charge is -2.13. The molecule has 288 valence electrons. The maximum absolute atomic E-state index is 11.8. The molecule has 48 heavy (non-hydrogen) atoms. The van der Waals surface area contributed by atoms with Gasteiger partial charge in [-0.2, -0.15) is 0 Å². The molecule has 0 N–H and O–H groups in total. The largest absolute Gasteiger partial charge is 0.466 e. The highest BCUT2D eigenvalue weighted by molar-refractivity contribution is 5.69. The van der Waals surface area contributed by atoms with E-state index < -0.39 is 0 Å². The molecule has 1 atom stereocenters. The summed E-state index contributed by atoms with van der Waals surface area (Å²) in [6.45, 7) is 11.6. The zero-order valence-corrected chi connectivity index (χ0v) is 33.7. The van der Waals surface area contributed by atoms with Crippen LogP contribution < -0.4 is 0 Å². The minimum atomic E-state index is 0.00826. The van der Waals surface area contributed by atoms with Crippen molar-refractivity contribution in [2.75, 3.05) is 6.61 Å². The van der Waals surface area contributed by atoms with Crippen LogP contribution in [0.25, 0.3) is 0 Å². The van der Waals surface area contributed by atoms with E-state index in [1.54, 1.807) is 0 Å². The number of rotatable bonds is 37. The average molecular weight is 681 g/mol. The van der Waals surface area contributed by atoms with Crippen LogP contribution in [0.5, 0.6) is 0 Å². The van der Waals surface area contributed by atoms with Crippen LogP contribution in [0, 0.1) is 0 Å². The quantitative estimate of drug-likeness (QED) is 0.0484. The van der Waals surface area contributed by atoms with Gasteiger partial charge in [0.05, 0.1) is 12.7 Å². The summed E-state index contributed by atoms with van der Waals surface area (Å²) in [7, 11) is 0. The monoisotopic (exact) mass is 681 g/mol. The van der Waals surface area contributed by atoms with Crippen LogP contribution >= 0.6 is 0 Å². The van der Waals surface area contributed by atoms with Crippen LogP contribution in [0.4, 0.5) is 0 Å². The van der Waals surface area contributed by atoms with Gasteiger partial charge in [0, 0.05) is 12.8 Å². The topological polar surface area (TPSA) is 52.6 Å². The molecule has 0 heterocycles. The zero-order chi connectivity index (χ0) is 35.6.